The van der Waals surface area contributed by atoms with E-state index in [1.807, 2.05) is 24.3 Å². The molecule has 5 aromatic rings. The van der Waals surface area contributed by atoms with Crippen LogP contribution >= 0.6 is 0 Å². The smallest absolute Gasteiger partial charge is 0.147 e. The van der Waals surface area contributed by atoms with Crippen LogP contribution in [0, 0.1) is 92.0 Å². The number of aromatic amines is 2. The molecule has 0 aliphatic carbocycles. The van der Waals surface area contributed by atoms with Crippen molar-refractivity contribution >= 4 is 62.5 Å². The number of nitrogens with zero attached hydrogens (tertiary/aromatic N) is 2. The molecule has 5 heterocycles. The Bertz CT molecular complexity index is 3860. The molecule has 0 saturated heterocycles. The summed E-state index contributed by atoms with van der Waals surface area (Å²) in [6.45, 7) is 56.7. The molecule has 0 fully saturated rings. The van der Waals surface area contributed by atoms with Gasteiger partial charge < -0.3 is 28.9 Å². The first-order valence-corrected chi connectivity index (χ1v) is 39.5. The number of H-pyrrole nitrogens is 2. The average Bonchev–Trinajstić information content (AvgIpc) is 1.63. The van der Waals surface area contributed by atoms with Crippen LogP contribution in [0.5, 0.6) is 23.0 Å². The van der Waals surface area contributed by atoms with Crippen molar-refractivity contribution in [2.24, 2.45) is 21.7 Å². The van der Waals surface area contributed by atoms with E-state index >= 15 is 0 Å². The minimum Gasteiger partial charge on any atom is -0.493 e. The second-order valence-corrected chi connectivity index (χ2v) is 44.0. The molecule has 3 aromatic heterocycles. The summed E-state index contributed by atoms with van der Waals surface area (Å²) in [6, 6.07) is 20.7. The van der Waals surface area contributed by atoms with E-state index in [0.29, 0.717) is 117 Å². The Morgan fingerprint density at radius 1 is 0.344 bits per heavy atom. The molecule has 96 heavy (non-hydrogen) atoms. The maximum atomic E-state index is 6.66. The van der Waals surface area contributed by atoms with Crippen LogP contribution in [0.3, 0.4) is 0 Å². The third-order valence-electron chi connectivity index (χ3n) is 18.6. The number of hydrogen-bond acceptors (Lipinski definition) is 6. The van der Waals surface area contributed by atoms with Gasteiger partial charge in [0.15, 0.2) is 0 Å². The van der Waals surface area contributed by atoms with Crippen molar-refractivity contribution in [1.82, 2.24) is 19.9 Å². The van der Waals surface area contributed by atoms with Crippen LogP contribution in [0.25, 0.3) is 68.6 Å². The molecular weight excluding hydrogens is 1210 g/mol. The summed E-state index contributed by atoms with van der Waals surface area (Å²) in [5.74, 6) is 35.6. The molecule has 0 amide bonds. The van der Waals surface area contributed by atoms with E-state index in [9.17, 15) is 0 Å². The zero-order valence-corrected chi connectivity index (χ0v) is 64.7. The second kappa shape index (κ2) is 31.9. The lowest BCUT2D eigenvalue weighted by Gasteiger charge is -2.37. The first kappa shape index (κ1) is 75.4. The fourth-order valence-electron chi connectivity index (χ4n) is 13.2. The molecule has 2 aliphatic rings. The van der Waals surface area contributed by atoms with Crippen LogP contribution in [-0.4, -0.2) is 62.5 Å². The molecule has 10 heteroatoms. The summed E-state index contributed by atoms with van der Waals surface area (Å²) < 4.78 is 26.6. The van der Waals surface area contributed by atoms with Crippen molar-refractivity contribution in [2.75, 3.05) is 26.4 Å². The molecule has 2 N–H and O–H groups in total. The molecule has 0 saturated carbocycles. The Labute approximate surface area is 581 Å². The minimum absolute atomic E-state index is 0.0716. The Balaban J connectivity index is 1.63. The highest BCUT2D eigenvalue weighted by Gasteiger charge is 2.43. The van der Waals surface area contributed by atoms with Gasteiger partial charge in [0.25, 0.3) is 0 Å². The Hall–Kier alpha value is -7.97. The van der Waals surface area contributed by atoms with Gasteiger partial charge in [-0.3, -0.25) is 0 Å². The first-order valence-electron chi connectivity index (χ1n) is 35.0. The van der Waals surface area contributed by atoms with Crippen molar-refractivity contribution in [3.8, 4) is 116 Å². The molecular formula is C86H110N4O4Si2. The van der Waals surface area contributed by atoms with Crippen LogP contribution in [0.15, 0.2) is 60.7 Å². The molecule has 2 aliphatic heterocycles. The van der Waals surface area contributed by atoms with Gasteiger partial charge in [-0.1, -0.05) is 166 Å². The summed E-state index contributed by atoms with van der Waals surface area (Å²) in [6.07, 6.45) is 11.7. The summed E-state index contributed by atoms with van der Waals surface area (Å²) >= 11 is 0. The van der Waals surface area contributed by atoms with Gasteiger partial charge in [0.05, 0.1) is 71.4 Å². The zero-order valence-electron chi connectivity index (χ0n) is 62.7. The predicted molar refractivity (Wildman–Crippen MR) is 415 cm³/mol. The van der Waals surface area contributed by atoms with Gasteiger partial charge >= 0.3 is 0 Å². The average molecular weight is 1320 g/mol. The molecule has 0 spiro atoms. The lowest BCUT2D eigenvalue weighted by atomic mass is 9.93. The van der Waals surface area contributed by atoms with Crippen molar-refractivity contribution < 1.29 is 18.9 Å². The van der Waals surface area contributed by atoms with Crippen LogP contribution < -0.4 is 18.9 Å². The molecule has 2 aromatic carbocycles. The fraction of sp³-hybridized carbons (Fsp3) is 0.488. The van der Waals surface area contributed by atoms with E-state index in [1.54, 1.807) is 0 Å². The van der Waals surface area contributed by atoms with Gasteiger partial charge in [-0.25, -0.2) is 9.97 Å². The lowest BCUT2D eigenvalue weighted by molar-refractivity contribution is 0.233. The van der Waals surface area contributed by atoms with E-state index < -0.39 is 16.1 Å². The number of ether oxygens (including phenoxy) is 4. The fourth-order valence-corrected chi connectivity index (χ4v) is 23.5. The molecule has 0 radical (unpaired) electrons. The third-order valence-corrected chi connectivity index (χ3v) is 31.2. The Morgan fingerprint density at radius 3 is 0.875 bits per heavy atom. The highest BCUT2D eigenvalue weighted by molar-refractivity contribution is 6.91. The second-order valence-electron chi connectivity index (χ2n) is 32.8. The van der Waals surface area contributed by atoms with E-state index in [2.05, 4.69) is 307 Å². The summed E-state index contributed by atoms with van der Waals surface area (Å²) in [7, 11) is -4.05. The van der Waals surface area contributed by atoms with Crippen molar-refractivity contribution in [2.45, 2.75) is 225 Å². The number of nitrogens with one attached hydrogen (secondary N) is 2. The highest BCUT2D eigenvalue weighted by atomic mass is 28.3. The Morgan fingerprint density at radius 2 is 0.604 bits per heavy atom. The van der Waals surface area contributed by atoms with E-state index in [-0.39, 0.29) is 21.7 Å². The van der Waals surface area contributed by atoms with E-state index in [0.717, 1.165) is 70.0 Å². The monoisotopic (exact) mass is 1320 g/mol. The summed E-state index contributed by atoms with van der Waals surface area (Å²) in [5.41, 5.74) is 21.2. The van der Waals surface area contributed by atoms with Crippen LogP contribution in [0.4, 0.5) is 0 Å². The topological polar surface area (TPSA) is 94.3 Å². The van der Waals surface area contributed by atoms with Gasteiger partial charge in [-0.15, -0.1) is 11.1 Å². The van der Waals surface area contributed by atoms with Crippen LogP contribution in [0.1, 0.15) is 226 Å². The summed E-state index contributed by atoms with van der Waals surface area (Å²) in [4.78, 5) is 18.9. The Kier molecular flexibility index (Phi) is 25.1. The number of fused-ring (bicyclic) bond motifs is 8. The largest absolute Gasteiger partial charge is 0.493 e. The number of benzene rings is 2. The van der Waals surface area contributed by atoms with Gasteiger partial charge in [-0.05, 0) is 224 Å². The zero-order chi connectivity index (χ0) is 70.6. The number of rotatable bonds is 20. The van der Waals surface area contributed by atoms with Gasteiger partial charge in [-0.2, -0.15) is 0 Å². The van der Waals surface area contributed by atoms with Crippen molar-refractivity contribution in [3.63, 3.8) is 0 Å². The molecule has 0 atom stereocenters. The third kappa shape index (κ3) is 20.1. The molecule has 8 bridgehead atoms. The van der Waals surface area contributed by atoms with Crippen LogP contribution in [-0.2, 0) is 0 Å². The normalized spacial score (nSPS) is 12.5. The van der Waals surface area contributed by atoms with Gasteiger partial charge in [0.2, 0.25) is 0 Å². The highest BCUT2D eigenvalue weighted by Crippen LogP contribution is 2.44. The van der Waals surface area contributed by atoms with E-state index in [1.165, 1.54) is 0 Å². The van der Waals surface area contributed by atoms with Crippen molar-refractivity contribution in [1.29, 1.82) is 0 Å². The number of aromatic nitrogens is 4. The SMILES string of the molecule is CC(C)[Si](C#CC#CC#Cc1c2nc(c(-c3cc(OCCC(C)(C)C)cc(OCCC(C)(C)C)c3)c3ccc([nH]3)c(C#CC#CC#C[Si](C(C)C)(C(C)C)C(C)C)c3nc(c(-c4cc(OCCC(C)(C)C)cc(OCCC(C)(C)C)c4)c4ccc1[nH]4)C=C3)C=C2)(C(C)C)C(C)C. The van der Waals surface area contributed by atoms with Gasteiger partial charge in [0.1, 0.15) is 39.1 Å². The molecule has 7 rings (SSSR count). The quantitative estimate of drug-likeness (QED) is 0.0583. The summed E-state index contributed by atoms with van der Waals surface area (Å²) in [5, 5.41) is 0. The number of hydrogen-bond donors (Lipinski definition) is 2. The first-order chi connectivity index (χ1) is 45.0. The van der Waals surface area contributed by atoms with Crippen molar-refractivity contribution in [3.05, 3.63) is 94.6 Å². The lowest BCUT2D eigenvalue weighted by Crippen LogP contribution is -2.43. The van der Waals surface area contributed by atoms with E-state index in [4.69, 9.17) is 28.9 Å². The van der Waals surface area contributed by atoms with Crippen LogP contribution in [0.2, 0.25) is 33.2 Å². The standard InChI is InChI=1S/C86H110N4O4Si2/c1-59(2)95(60(3)4,61(5)6)51-31-27-25-29-33-71-73-35-39-77(87-73)81(65-53-67(91-47-43-83(13,14)15)57-68(54-65)92-48-44-84(16,17)18)79-41-37-75(89-79)72(34-30-26-28-32-52-96(62(7)8,63(9)10)64(11)12)76-38-42-80(90-76)82(78-40-36-74(71)88-78)66-55-69(93-49-45-85(19,20)21)58-70(56-66)94-50-46-86(22,23)24/h35-42,53-64,87,90H,43-50H2,1-24H3. The predicted octanol–water partition coefficient (Wildman–Crippen LogP) is 22.4. The van der Waals surface area contributed by atoms with Gasteiger partial charge in [0, 0.05) is 34.3 Å². The molecule has 8 nitrogen and oxygen atoms in total. The molecule has 506 valence electrons. The maximum absolute atomic E-state index is 6.66. The minimum atomic E-state index is -2.03. The maximum Gasteiger partial charge on any atom is 0.147 e. The molecule has 0 unspecified atom stereocenters.